The van der Waals surface area contributed by atoms with Crippen molar-refractivity contribution in [3.63, 3.8) is 0 Å². The molecule has 0 bridgehead atoms. The molecule has 6 amide bonds. The lowest BCUT2D eigenvalue weighted by atomic mass is 9.95. The molecule has 1 heterocycles. The molecule has 1 aliphatic rings. The van der Waals surface area contributed by atoms with E-state index < -0.39 is 72.1 Å². The molecule has 5 atom stereocenters. The molecule has 14 nitrogen and oxygen atoms in total. The standard InChI is InChI=1S/C38H47N7O7/c1-21-11-7-8-14-26(21)33-38(52)43-30(34(40)48)20-31(47)41-16-10-9-15-29(36(50)44-32(37(51)45-33)24-12-5-4-6-13-24)42-35(49)28(39)19-27-22(2)17-25(46)18-23(27)3/h4-8,11-14,17-18,28-30,32-33,46H,9-10,15-16,19-20,39H2,1-3H3,(H2,40,48)(H,41,47)(H,42,49)(H,43,52)(H,44,50)(H,45,51)/t28-,29+,30-,32-,33-/m0/s1. The number of rotatable bonds is 7. The van der Waals surface area contributed by atoms with Gasteiger partial charge in [-0.1, -0.05) is 54.6 Å². The Morgan fingerprint density at radius 1 is 0.827 bits per heavy atom. The molecule has 1 fully saturated rings. The van der Waals surface area contributed by atoms with Gasteiger partial charge in [-0.2, -0.15) is 0 Å². The van der Waals surface area contributed by atoms with Gasteiger partial charge < -0.3 is 43.2 Å². The third kappa shape index (κ3) is 10.4. The summed E-state index contributed by atoms with van der Waals surface area (Å²) in [6.45, 7) is 5.53. The van der Waals surface area contributed by atoms with Gasteiger partial charge in [-0.3, -0.25) is 28.8 Å². The van der Waals surface area contributed by atoms with E-state index in [1.807, 2.05) is 0 Å². The summed E-state index contributed by atoms with van der Waals surface area (Å²) in [5.41, 5.74) is 15.7. The molecule has 4 rings (SSSR count). The first-order valence-electron chi connectivity index (χ1n) is 17.2. The van der Waals surface area contributed by atoms with Crippen molar-refractivity contribution in [3.05, 3.63) is 100 Å². The van der Waals surface area contributed by atoms with Crippen LogP contribution in [0.1, 0.15) is 71.1 Å². The molecule has 1 aliphatic heterocycles. The number of hydrogen-bond acceptors (Lipinski definition) is 8. The third-order valence-corrected chi connectivity index (χ3v) is 9.10. The lowest BCUT2D eigenvalue weighted by Gasteiger charge is -2.27. The number of nitrogens with one attached hydrogen (secondary N) is 5. The number of benzene rings is 3. The van der Waals surface area contributed by atoms with E-state index in [9.17, 15) is 33.9 Å². The zero-order chi connectivity index (χ0) is 37.9. The zero-order valence-corrected chi connectivity index (χ0v) is 29.5. The maximum atomic E-state index is 14.2. The summed E-state index contributed by atoms with van der Waals surface area (Å²) >= 11 is 0. The maximum Gasteiger partial charge on any atom is 0.248 e. The largest absolute Gasteiger partial charge is 0.508 e. The van der Waals surface area contributed by atoms with Gasteiger partial charge in [-0.05, 0) is 92.0 Å². The summed E-state index contributed by atoms with van der Waals surface area (Å²) in [4.78, 5) is 80.6. The molecule has 1 saturated heterocycles. The lowest BCUT2D eigenvalue weighted by molar-refractivity contribution is -0.135. The molecule has 3 aromatic carbocycles. The Labute approximate surface area is 302 Å². The SMILES string of the molecule is Cc1ccccc1[C@@H]1NC(=O)[C@H](c2ccccc2)NC(=O)[C@H](NC(=O)[C@@H](N)Cc2c(C)cc(O)cc2C)CCCCNC(=O)C[C@@H](C(N)=O)NC1=O. The van der Waals surface area contributed by atoms with E-state index in [0.717, 1.165) is 16.7 Å². The van der Waals surface area contributed by atoms with Crippen LogP contribution in [-0.2, 0) is 35.2 Å². The van der Waals surface area contributed by atoms with Gasteiger partial charge in [0.2, 0.25) is 35.4 Å². The van der Waals surface area contributed by atoms with E-state index >= 15 is 0 Å². The molecule has 0 aromatic heterocycles. The number of amides is 6. The minimum absolute atomic E-state index is 0.0989. The topological polar surface area (TPSA) is 235 Å². The average molecular weight is 714 g/mol. The van der Waals surface area contributed by atoms with E-state index in [1.165, 1.54) is 0 Å². The highest BCUT2D eigenvalue weighted by molar-refractivity contribution is 5.97. The minimum Gasteiger partial charge on any atom is -0.508 e. The van der Waals surface area contributed by atoms with Gasteiger partial charge >= 0.3 is 0 Å². The number of nitrogens with two attached hydrogens (primary N) is 2. The summed E-state index contributed by atoms with van der Waals surface area (Å²) in [5, 5.41) is 23.4. The van der Waals surface area contributed by atoms with E-state index in [2.05, 4.69) is 26.6 Å². The molecule has 0 unspecified atom stereocenters. The monoisotopic (exact) mass is 713 g/mol. The van der Waals surface area contributed by atoms with E-state index in [1.54, 1.807) is 87.5 Å². The fraction of sp³-hybridized carbons (Fsp3) is 0.368. The number of carbonyl (C=O) groups is 6. The Morgan fingerprint density at radius 2 is 1.44 bits per heavy atom. The van der Waals surface area contributed by atoms with Crippen molar-refractivity contribution < 1.29 is 33.9 Å². The summed E-state index contributed by atoms with van der Waals surface area (Å²) in [7, 11) is 0. The van der Waals surface area contributed by atoms with Crippen LogP contribution in [0, 0.1) is 20.8 Å². The Hall–Kier alpha value is -5.76. The normalized spacial score (nSPS) is 21.4. The highest BCUT2D eigenvalue weighted by Crippen LogP contribution is 2.23. The molecule has 0 spiro atoms. The van der Waals surface area contributed by atoms with E-state index in [-0.39, 0.29) is 25.1 Å². The first-order chi connectivity index (χ1) is 24.7. The van der Waals surface area contributed by atoms with Crippen LogP contribution >= 0.6 is 0 Å². The van der Waals surface area contributed by atoms with Crippen molar-refractivity contribution in [2.24, 2.45) is 11.5 Å². The molecule has 0 radical (unpaired) electrons. The molecule has 10 N–H and O–H groups in total. The molecule has 276 valence electrons. The highest BCUT2D eigenvalue weighted by Gasteiger charge is 2.34. The molecular weight excluding hydrogens is 666 g/mol. The molecule has 0 aliphatic carbocycles. The van der Waals surface area contributed by atoms with Crippen LogP contribution in [0.15, 0.2) is 66.7 Å². The summed E-state index contributed by atoms with van der Waals surface area (Å²) in [6, 6.07) is 12.2. The second kappa shape index (κ2) is 17.9. The molecule has 3 aromatic rings. The Morgan fingerprint density at radius 3 is 2.10 bits per heavy atom. The van der Waals surface area contributed by atoms with Crippen LogP contribution in [0.25, 0.3) is 0 Å². The first kappa shape index (κ1) is 39.0. The van der Waals surface area contributed by atoms with Gasteiger partial charge in [0.25, 0.3) is 0 Å². The average Bonchev–Trinajstić information content (AvgIpc) is 3.10. The van der Waals surface area contributed by atoms with E-state index in [0.29, 0.717) is 29.5 Å². The Kier molecular flexibility index (Phi) is 13.5. The van der Waals surface area contributed by atoms with Gasteiger partial charge in [-0.25, -0.2) is 0 Å². The van der Waals surface area contributed by atoms with Gasteiger partial charge in [0, 0.05) is 6.54 Å². The van der Waals surface area contributed by atoms with Crippen molar-refractivity contribution >= 4 is 35.4 Å². The summed E-state index contributed by atoms with van der Waals surface area (Å²) < 4.78 is 0. The number of aryl methyl sites for hydroxylation is 3. The van der Waals surface area contributed by atoms with Crippen LogP contribution in [-0.4, -0.2) is 65.2 Å². The second-order valence-corrected chi connectivity index (χ2v) is 13.1. The number of phenolic OH excluding ortho intramolecular Hbond substituents is 1. The smallest absolute Gasteiger partial charge is 0.248 e. The van der Waals surface area contributed by atoms with Crippen LogP contribution in [0.2, 0.25) is 0 Å². The molecular formula is C38H47N7O7. The van der Waals surface area contributed by atoms with Crippen molar-refractivity contribution in [2.45, 2.75) is 83.1 Å². The lowest BCUT2D eigenvalue weighted by Crippen LogP contribution is -2.55. The Bertz CT molecular complexity index is 1780. The maximum absolute atomic E-state index is 14.2. The van der Waals surface area contributed by atoms with Gasteiger partial charge in [0.05, 0.1) is 12.5 Å². The van der Waals surface area contributed by atoms with Crippen molar-refractivity contribution in [1.82, 2.24) is 26.6 Å². The number of primary amides is 1. The molecule has 14 heteroatoms. The van der Waals surface area contributed by atoms with Crippen molar-refractivity contribution in [3.8, 4) is 5.75 Å². The first-order valence-corrected chi connectivity index (χ1v) is 17.2. The number of carbonyl (C=O) groups excluding carboxylic acids is 6. The second-order valence-electron chi connectivity index (χ2n) is 13.1. The van der Waals surface area contributed by atoms with Crippen LogP contribution < -0.4 is 38.1 Å². The van der Waals surface area contributed by atoms with Gasteiger partial charge in [0.1, 0.15) is 29.9 Å². The predicted octanol–water partition coefficient (Wildman–Crippen LogP) is 1.05. The van der Waals surface area contributed by atoms with Gasteiger partial charge in [-0.15, -0.1) is 0 Å². The zero-order valence-electron chi connectivity index (χ0n) is 29.5. The number of hydrogen-bond donors (Lipinski definition) is 8. The summed E-state index contributed by atoms with van der Waals surface area (Å²) in [6.07, 6.45) is 0.620. The summed E-state index contributed by atoms with van der Waals surface area (Å²) in [5.74, 6) is -4.18. The quantitative estimate of drug-likeness (QED) is 0.176. The predicted molar refractivity (Wildman–Crippen MR) is 193 cm³/mol. The van der Waals surface area contributed by atoms with Gasteiger partial charge in [0.15, 0.2) is 0 Å². The molecule has 52 heavy (non-hydrogen) atoms. The van der Waals surface area contributed by atoms with E-state index in [4.69, 9.17) is 11.5 Å². The fourth-order valence-electron chi connectivity index (χ4n) is 6.20. The number of phenols is 1. The van der Waals surface area contributed by atoms with Crippen molar-refractivity contribution in [2.75, 3.05) is 6.54 Å². The molecule has 0 saturated carbocycles. The third-order valence-electron chi connectivity index (χ3n) is 9.10. The highest BCUT2D eigenvalue weighted by atomic mass is 16.3. The minimum atomic E-state index is -1.37. The van der Waals surface area contributed by atoms with Crippen LogP contribution in [0.3, 0.4) is 0 Å². The van der Waals surface area contributed by atoms with Crippen LogP contribution in [0.5, 0.6) is 5.75 Å². The number of aromatic hydroxyl groups is 1. The Balaban J connectivity index is 1.67. The van der Waals surface area contributed by atoms with Crippen molar-refractivity contribution in [1.29, 1.82) is 0 Å². The van der Waals surface area contributed by atoms with Crippen LogP contribution in [0.4, 0.5) is 0 Å². The fourth-order valence-corrected chi connectivity index (χ4v) is 6.20.